The first-order chi connectivity index (χ1) is 10.7. The molecule has 1 aromatic carbocycles. The van der Waals surface area contributed by atoms with E-state index < -0.39 is 0 Å². The largest absolute Gasteiger partial charge is 0.441 e. The van der Waals surface area contributed by atoms with Crippen LogP contribution in [0.5, 0.6) is 0 Å². The van der Waals surface area contributed by atoms with Crippen molar-refractivity contribution in [3.8, 4) is 11.3 Å². The predicted molar refractivity (Wildman–Crippen MR) is 84.3 cm³/mol. The lowest BCUT2D eigenvalue weighted by Gasteiger charge is -2.34. The number of nitrogens with zero attached hydrogens (tertiary/aromatic N) is 2. The molecule has 0 spiro atoms. The van der Waals surface area contributed by atoms with Crippen LogP contribution in [0.4, 0.5) is 0 Å². The van der Waals surface area contributed by atoms with Crippen LogP contribution in [0.25, 0.3) is 11.3 Å². The highest BCUT2D eigenvalue weighted by atomic mass is 16.4. The predicted octanol–water partition coefficient (Wildman–Crippen LogP) is 2.09. The molecule has 1 aliphatic heterocycles. The molecule has 0 bridgehead atoms. The minimum Gasteiger partial charge on any atom is -0.441 e. The standard InChI is InChI=1S/C17H21N3O2/c1-13-11-18-9-10-20(13)17(21)8-7-16-19-12-15(22-16)14-5-3-2-4-6-14/h2-6,12-13,18H,7-11H2,1H3/t13-/m0/s1. The summed E-state index contributed by atoms with van der Waals surface area (Å²) < 4.78 is 5.74. The summed E-state index contributed by atoms with van der Waals surface area (Å²) in [5.74, 6) is 1.54. The minimum atomic E-state index is 0.175. The zero-order valence-corrected chi connectivity index (χ0v) is 12.8. The molecule has 1 amide bonds. The van der Waals surface area contributed by atoms with Gasteiger partial charge >= 0.3 is 0 Å². The van der Waals surface area contributed by atoms with Gasteiger partial charge in [0.2, 0.25) is 5.91 Å². The van der Waals surface area contributed by atoms with Crippen molar-refractivity contribution in [1.82, 2.24) is 15.2 Å². The number of aryl methyl sites for hydroxylation is 1. The summed E-state index contributed by atoms with van der Waals surface area (Å²) in [4.78, 5) is 18.5. The van der Waals surface area contributed by atoms with E-state index in [1.807, 2.05) is 35.2 Å². The van der Waals surface area contributed by atoms with Crippen molar-refractivity contribution in [3.05, 3.63) is 42.4 Å². The van der Waals surface area contributed by atoms with Crippen LogP contribution in [0.2, 0.25) is 0 Å². The number of carbonyl (C=O) groups is 1. The third-order valence-corrected chi connectivity index (χ3v) is 3.99. The molecule has 3 rings (SSSR count). The number of oxazole rings is 1. The van der Waals surface area contributed by atoms with Crippen LogP contribution in [-0.2, 0) is 11.2 Å². The number of hydrogen-bond donors (Lipinski definition) is 1. The Kier molecular flexibility index (Phi) is 4.53. The molecule has 0 aliphatic carbocycles. The summed E-state index contributed by atoms with van der Waals surface area (Å²) in [6.45, 7) is 4.58. The molecular formula is C17H21N3O2. The minimum absolute atomic E-state index is 0.175. The maximum Gasteiger partial charge on any atom is 0.223 e. The normalized spacial score (nSPS) is 18.4. The zero-order valence-electron chi connectivity index (χ0n) is 12.8. The number of aromatic nitrogens is 1. The van der Waals surface area contributed by atoms with Gasteiger partial charge in [-0.25, -0.2) is 4.98 Å². The highest BCUT2D eigenvalue weighted by molar-refractivity contribution is 5.76. The van der Waals surface area contributed by atoms with Crippen molar-refractivity contribution in [3.63, 3.8) is 0 Å². The van der Waals surface area contributed by atoms with E-state index in [9.17, 15) is 4.79 Å². The smallest absolute Gasteiger partial charge is 0.223 e. The van der Waals surface area contributed by atoms with Crippen LogP contribution in [0.3, 0.4) is 0 Å². The fourth-order valence-electron chi connectivity index (χ4n) is 2.73. The van der Waals surface area contributed by atoms with Crippen molar-refractivity contribution >= 4 is 5.91 Å². The first-order valence-corrected chi connectivity index (χ1v) is 7.74. The zero-order chi connectivity index (χ0) is 15.4. The van der Waals surface area contributed by atoms with Crippen LogP contribution < -0.4 is 5.32 Å². The lowest BCUT2D eigenvalue weighted by molar-refractivity contribution is -0.134. The summed E-state index contributed by atoms with van der Waals surface area (Å²) >= 11 is 0. The van der Waals surface area contributed by atoms with E-state index in [0.717, 1.165) is 31.0 Å². The van der Waals surface area contributed by atoms with Gasteiger partial charge in [0.15, 0.2) is 11.7 Å². The Hall–Kier alpha value is -2.14. The highest BCUT2D eigenvalue weighted by Gasteiger charge is 2.22. The van der Waals surface area contributed by atoms with Crippen molar-refractivity contribution < 1.29 is 9.21 Å². The maximum atomic E-state index is 12.3. The molecule has 22 heavy (non-hydrogen) atoms. The Morgan fingerprint density at radius 1 is 1.41 bits per heavy atom. The molecular weight excluding hydrogens is 278 g/mol. The Labute approximate surface area is 130 Å². The lowest BCUT2D eigenvalue weighted by Crippen LogP contribution is -2.52. The average Bonchev–Trinajstić information content (AvgIpc) is 3.03. The van der Waals surface area contributed by atoms with Crippen molar-refractivity contribution in [2.24, 2.45) is 0 Å². The van der Waals surface area contributed by atoms with Crippen molar-refractivity contribution in [1.29, 1.82) is 0 Å². The van der Waals surface area contributed by atoms with E-state index in [1.54, 1.807) is 6.20 Å². The Balaban J connectivity index is 1.58. The van der Waals surface area contributed by atoms with Gasteiger partial charge in [-0.3, -0.25) is 4.79 Å². The van der Waals surface area contributed by atoms with Gasteiger partial charge in [-0.15, -0.1) is 0 Å². The summed E-state index contributed by atoms with van der Waals surface area (Å²) in [7, 11) is 0. The molecule has 5 heteroatoms. The van der Waals surface area contributed by atoms with Gasteiger partial charge in [-0.2, -0.15) is 0 Å². The number of benzene rings is 1. The van der Waals surface area contributed by atoms with Gasteiger partial charge in [-0.05, 0) is 6.92 Å². The van der Waals surface area contributed by atoms with Crippen molar-refractivity contribution in [2.45, 2.75) is 25.8 Å². The third kappa shape index (κ3) is 3.36. The number of hydrogen-bond acceptors (Lipinski definition) is 4. The second-order valence-electron chi connectivity index (χ2n) is 5.62. The van der Waals surface area contributed by atoms with E-state index >= 15 is 0 Å². The van der Waals surface area contributed by atoms with Crippen LogP contribution in [0.1, 0.15) is 19.2 Å². The monoisotopic (exact) mass is 299 g/mol. The summed E-state index contributed by atoms with van der Waals surface area (Å²) in [5, 5.41) is 3.29. The van der Waals surface area contributed by atoms with E-state index in [-0.39, 0.29) is 11.9 Å². The first kappa shape index (κ1) is 14.8. The van der Waals surface area contributed by atoms with E-state index in [4.69, 9.17) is 4.42 Å². The maximum absolute atomic E-state index is 12.3. The lowest BCUT2D eigenvalue weighted by atomic mass is 10.2. The van der Waals surface area contributed by atoms with E-state index in [1.165, 1.54) is 0 Å². The summed E-state index contributed by atoms with van der Waals surface area (Å²) in [6, 6.07) is 10.1. The van der Waals surface area contributed by atoms with E-state index in [0.29, 0.717) is 18.7 Å². The molecule has 116 valence electrons. The average molecular weight is 299 g/mol. The topological polar surface area (TPSA) is 58.4 Å². The second kappa shape index (κ2) is 6.75. The van der Waals surface area contributed by atoms with Gasteiger partial charge < -0.3 is 14.6 Å². The molecule has 0 radical (unpaired) electrons. The molecule has 2 heterocycles. The van der Waals surface area contributed by atoms with Crippen LogP contribution >= 0.6 is 0 Å². The van der Waals surface area contributed by atoms with Crippen LogP contribution in [0, 0.1) is 0 Å². The Morgan fingerprint density at radius 3 is 3.00 bits per heavy atom. The highest BCUT2D eigenvalue weighted by Crippen LogP contribution is 2.20. The SMILES string of the molecule is C[C@H]1CNCCN1C(=O)CCc1ncc(-c2ccccc2)o1. The van der Waals surface area contributed by atoms with Gasteiger partial charge in [0, 0.05) is 44.1 Å². The molecule has 5 nitrogen and oxygen atoms in total. The number of nitrogens with one attached hydrogen (secondary N) is 1. The molecule has 1 saturated heterocycles. The summed E-state index contributed by atoms with van der Waals surface area (Å²) in [6.07, 6.45) is 2.71. The fraction of sp³-hybridized carbons (Fsp3) is 0.412. The van der Waals surface area contributed by atoms with Crippen LogP contribution in [0.15, 0.2) is 40.9 Å². The molecule has 1 fully saturated rings. The molecule has 1 aromatic heterocycles. The third-order valence-electron chi connectivity index (χ3n) is 3.99. The number of rotatable bonds is 4. The second-order valence-corrected chi connectivity index (χ2v) is 5.62. The Bertz CT molecular complexity index is 624. The molecule has 1 aliphatic rings. The van der Waals surface area contributed by atoms with Crippen LogP contribution in [-0.4, -0.2) is 41.5 Å². The molecule has 2 aromatic rings. The Morgan fingerprint density at radius 2 is 2.23 bits per heavy atom. The van der Waals surface area contributed by atoms with Gasteiger partial charge in [-0.1, -0.05) is 30.3 Å². The van der Waals surface area contributed by atoms with Gasteiger partial charge in [0.05, 0.1) is 6.20 Å². The fourth-order valence-corrected chi connectivity index (χ4v) is 2.73. The molecule has 0 unspecified atom stereocenters. The summed E-state index contributed by atoms with van der Waals surface area (Å²) in [5.41, 5.74) is 1.00. The molecule has 0 saturated carbocycles. The van der Waals surface area contributed by atoms with Gasteiger partial charge in [0.25, 0.3) is 0 Å². The number of carbonyl (C=O) groups excluding carboxylic acids is 1. The number of amides is 1. The number of piperazine rings is 1. The van der Waals surface area contributed by atoms with Gasteiger partial charge in [0.1, 0.15) is 0 Å². The molecule has 1 N–H and O–H groups in total. The first-order valence-electron chi connectivity index (χ1n) is 7.74. The van der Waals surface area contributed by atoms with Crippen molar-refractivity contribution in [2.75, 3.05) is 19.6 Å². The quantitative estimate of drug-likeness (QED) is 0.939. The molecule has 1 atom stereocenters. The van der Waals surface area contributed by atoms with E-state index in [2.05, 4.69) is 17.2 Å².